The maximum Gasteiger partial charge on any atom is 0.195 e. The summed E-state index contributed by atoms with van der Waals surface area (Å²) in [6.07, 6.45) is 3.96. The highest BCUT2D eigenvalue weighted by molar-refractivity contribution is 7.15. The Hall–Kier alpha value is -1.07. The maximum atomic E-state index is 6.17. The lowest BCUT2D eigenvalue weighted by Gasteiger charge is -2.29. The van der Waals surface area contributed by atoms with Crippen LogP contribution in [0.15, 0.2) is 11.6 Å². The predicted octanol–water partition coefficient (Wildman–Crippen LogP) is 3.16. The second-order valence-electron chi connectivity index (χ2n) is 5.91. The van der Waals surface area contributed by atoms with Gasteiger partial charge in [-0.1, -0.05) is 20.8 Å². The fourth-order valence-electron chi connectivity index (χ4n) is 2.33. The molecule has 0 amide bonds. The van der Waals surface area contributed by atoms with E-state index >= 15 is 0 Å². The van der Waals surface area contributed by atoms with Crippen LogP contribution in [0.5, 0.6) is 0 Å². The Bertz CT molecular complexity index is 557. The lowest BCUT2D eigenvalue weighted by atomic mass is 10.0. The molecule has 2 atom stereocenters. The summed E-state index contributed by atoms with van der Waals surface area (Å²) >= 11 is 1.68. The molecule has 2 N–H and O–H groups in total. The zero-order chi connectivity index (χ0) is 14.9. The highest BCUT2D eigenvalue weighted by atomic mass is 32.1. The van der Waals surface area contributed by atoms with Crippen molar-refractivity contribution in [3.8, 4) is 0 Å². The molecule has 112 valence electrons. The molecule has 0 radical (unpaired) electrons. The second kappa shape index (κ2) is 6.14. The molecule has 2 heterocycles. The Morgan fingerprint density at radius 3 is 2.70 bits per heavy atom. The number of rotatable bonds is 6. The fourth-order valence-corrected chi connectivity index (χ4v) is 3.05. The summed E-state index contributed by atoms with van der Waals surface area (Å²) in [4.78, 5) is 8.17. The molecular formula is C15H26N4S. The van der Waals surface area contributed by atoms with E-state index in [1.54, 1.807) is 11.3 Å². The van der Waals surface area contributed by atoms with Gasteiger partial charge in [-0.25, -0.2) is 4.98 Å². The van der Waals surface area contributed by atoms with E-state index in [1.807, 2.05) is 0 Å². The SMILES string of the molecule is CCC(N)Cc1c(N(C)C(C)C(C)C)nc2sccn12. The van der Waals surface area contributed by atoms with Crippen LogP contribution in [-0.2, 0) is 6.42 Å². The van der Waals surface area contributed by atoms with E-state index in [9.17, 15) is 0 Å². The van der Waals surface area contributed by atoms with E-state index < -0.39 is 0 Å². The van der Waals surface area contributed by atoms with Gasteiger partial charge >= 0.3 is 0 Å². The first-order valence-corrected chi connectivity index (χ1v) is 8.26. The number of hydrogen-bond acceptors (Lipinski definition) is 4. The summed E-state index contributed by atoms with van der Waals surface area (Å²) in [5.74, 6) is 1.68. The molecule has 0 aliphatic heterocycles. The molecule has 2 unspecified atom stereocenters. The Labute approximate surface area is 125 Å². The van der Waals surface area contributed by atoms with Gasteiger partial charge in [0.1, 0.15) is 0 Å². The molecule has 0 aromatic carbocycles. The van der Waals surface area contributed by atoms with Gasteiger partial charge in [-0.05, 0) is 19.3 Å². The first kappa shape index (κ1) is 15.3. The summed E-state index contributed by atoms with van der Waals surface area (Å²) in [6.45, 7) is 8.88. The third-order valence-corrected chi connectivity index (χ3v) is 4.99. The number of nitrogens with zero attached hydrogens (tertiary/aromatic N) is 3. The van der Waals surface area contributed by atoms with Gasteiger partial charge in [-0.3, -0.25) is 4.40 Å². The first-order valence-electron chi connectivity index (χ1n) is 7.38. The van der Waals surface area contributed by atoms with Crippen molar-refractivity contribution in [2.45, 2.75) is 52.6 Å². The van der Waals surface area contributed by atoms with Crippen LogP contribution in [0, 0.1) is 5.92 Å². The number of hydrogen-bond donors (Lipinski definition) is 1. The molecule has 5 heteroatoms. The second-order valence-corrected chi connectivity index (χ2v) is 6.78. The standard InChI is InChI=1S/C15H26N4S/c1-6-12(16)9-13-14(18(5)11(4)10(2)3)17-15-19(13)7-8-20-15/h7-8,10-12H,6,9,16H2,1-5H3. The summed E-state index contributed by atoms with van der Waals surface area (Å²) in [5.41, 5.74) is 7.41. The molecule has 0 aliphatic carbocycles. The van der Waals surface area contributed by atoms with E-state index in [-0.39, 0.29) is 6.04 Å². The van der Waals surface area contributed by atoms with Gasteiger partial charge in [0.2, 0.25) is 0 Å². The van der Waals surface area contributed by atoms with Crippen LogP contribution in [0.2, 0.25) is 0 Å². The lowest BCUT2D eigenvalue weighted by molar-refractivity contribution is 0.501. The van der Waals surface area contributed by atoms with Crippen molar-refractivity contribution < 1.29 is 0 Å². The molecule has 0 saturated carbocycles. The van der Waals surface area contributed by atoms with Crippen LogP contribution in [-0.4, -0.2) is 28.5 Å². The van der Waals surface area contributed by atoms with Crippen molar-refractivity contribution in [3.63, 3.8) is 0 Å². The molecule has 2 aromatic heterocycles. The van der Waals surface area contributed by atoms with Crippen molar-refractivity contribution in [1.82, 2.24) is 9.38 Å². The molecule has 2 rings (SSSR count). The number of fused-ring (bicyclic) bond motifs is 1. The molecule has 0 saturated heterocycles. The van der Waals surface area contributed by atoms with Crippen molar-refractivity contribution in [2.75, 3.05) is 11.9 Å². The Balaban J connectivity index is 2.41. The summed E-state index contributed by atoms with van der Waals surface area (Å²) in [6, 6.07) is 0.646. The Morgan fingerprint density at radius 2 is 2.10 bits per heavy atom. The average molecular weight is 294 g/mol. The van der Waals surface area contributed by atoms with Crippen molar-refractivity contribution in [3.05, 3.63) is 17.3 Å². The molecule has 20 heavy (non-hydrogen) atoms. The van der Waals surface area contributed by atoms with Gasteiger partial charge in [0.25, 0.3) is 0 Å². The van der Waals surface area contributed by atoms with Gasteiger partial charge in [0.15, 0.2) is 10.8 Å². The van der Waals surface area contributed by atoms with Crippen LogP contribution < -0.4 is 10.6 Å². The third kappa shape index (κ3) is 2.83. The van der Waals surface area contributed by atoms with Gasteiger partial charge in [0, 0.05) is 37.1 Å². The molecule has 2 aromatic rings. The average Bonchev–Trinajstić information content (AvgIpc) is 2.99. The smallest absolute Gasteiger partial charge is 0.195 e. The Kier molecular flexibility index (Phi) is 4.70. The lowest BCUT2D eigenvalue weighted by Crippen LogP contribution is -2.34. The van der Waals surface area contributed by atoms with Crippen LogP contribution in [0.4, 0.5) is 5.82 Å². The van der Waals surface area contributed by atoms with E-state index in [2.05, 4.69) is 55.6 Å². The number of imidazole rings is 1. The highest BCUT2D eigenvalue weighted by Crippen LogP contribution is 2.27. The normalized spacial score (nSPS) is 14.9. The predicted molar refractivity (Wildman–Crippen MR) is 87.7 cm³/mol. The van der Waals surface area contributed by atoms with Gasteiger partial charge < -0.3 is 10.6 Å². The van der Waals surface area contributed by atoms with Crippen molar-refractivity contribution >= 4 is 22.1 Å². The van der Waals surface area contributed by atoms with Crippen LogP contribution >= 0.6 is 11.3 Å². The summed E-state index contributed by atoms with van der Waals surface area (Å²) in [7, 11) is 2.14. The van der Waals surface area contributed by atoms with E-state index in [1.165, 1.54) is 5.69 Å². The quantitative estimate of drug-likeness (QED) is 0.890. The minimum atomic E-state index is 0.191. The van der Waals surface area contributed by atoms with Gasteiger partial charge in [0.05, 0.1) is 5.69 Å². The number of thiazole rings is 1. The Morgan fingerprint density at radius 1 is 1.40 bits per heavy atom. The van der Waals surface area contributed by atoms with Crippen molar-refractivity contribution in [2.24, 2.45) is 11.7 Å². The summed E-state index contributed by atoms with van der Waals surface area (Å²) < 4.78 is 2.19. The summed E-state index contributed by atoms with van der Waals surface area (Å²) in [5, 5.41) is 2.08. The third-order valence-electron chi connectivity index (χ3n) is 4.23. The maximum absolute atomic E-state index is 6.17. The number of aromatic nitrogens is 2. The van der Waals surface area contributed by atoms with Crippen LogP contribution in [0.1, 0.15) is 39.8 Å². The molecular weight excluding hydrogens is 268 g/mol. The molecule has 0 fully saturated rings. The molecule has 4 nitrogen and oxygen atoms in total. The van der Waals surface area contributed by atoms with Gasteiger partial charge in [-0.2, -0.15) is 0 Å². The van der Waals surface area contributed by atoms with E-state index in [0.29, 0.717) is 12.0 Å². The molecule has 0 bridgehead atoms. The molecule has 0 aliphatic rings. The topological polar surface area (TPSA) is 46.6 Å². The van der Waals surface area contributed by atoms with Crippen LogP contribution in [0.25, 0.3) is 4.96 Å². The number of nitrogens with two attached hydrogens (primary N) is 1. The van der Waals surface area contributed by atoms with E-state index in [0.717, 1.165) is 23.6 Å². The minimum Gasteiger partial charge on any atom is -0.355 e. The fraction of sp³-hybridized carbons (Fsp3) is 0.667. The largest absolute Gasteiger partial charge is 0.355 e. The zero-order valence-electron chi connectivity index (χ0n) is 13.1. The monoisotopic (exact) mass is 294 g/mol. The van der Waals surface area contributed by atoms with Crippen LogP contribution in [0.3, 0.4) is 0 Å². The zero-order valence-corrected chi connectivity index (χ0v) is 13.9. The first-order chi connectivity index (χ1) is 9.45. The number of anilines is 1. The highest BCUT2D eigenvalue weighted by Gasteiger charge is 2.22. The molecule has 0 spiro atoms. The minimum absolute atomic E-state index is 0.191. The van der Waals surface area contributed by atoms with Gasteiger partial charge in [-0.15, -0.1) is 11.3 Å². The van der Waals surface area contributed by atoms with E-state index in [4.69, 9.17) is 10.7 Å². The van der Waals surface area contributed by atoms with Crippen molar-refractivity contribution in [1.29, 1.82) is 0 Å².